The number of hydrogen-bond donors (Lipinski definition) is 1. The van der Waals surface area contributed by atoms with E-state index in [1.165, 1.54) is 0 Å². The van der Waals surface area contributed by atoms with E-state index in [1.54, 1.807) is 20.8 Å². The number of hydrogen-bond acceptors (Lipinski definition) is 4. The average molecular weight is 228 g/mol. The summed E-state index contributed by atoms with van der Waals surface area (Å²) in [5.74, 6) is -1.62. The SMILES string of the molecule is CCNC(=S)C(C#N)C(=O)OC(C)(C)C. The van der Waals surface area contributed by atoms with E-state index >= 15 is 0 Å². The monoisotopic (exact) mass is 228 g/mol. The van der Waals surface area contributed by atoms with Crippen molar-refractivity contribution in [2.45, 2.75) is 33.3 Å². The molecule has 0 aliphatic heterocycles. The summed E-state index contributed by atoms with van der Waals surface area (Å²) in [6.45, 7) is 7.66. The smallest absolute Gasteiger partial charge is 0.330 e. The van der Waals surface area contributed by atoms with Gasteiger partial charge in [-0.25, -0.2) is 0 Å². The minimum Gasteiger partial charge on any atom is -0.459 e. The average Bonchev–Trinajstić information content (AvgIpc) is 2.02. The van der Waals surface area contributed by atoms with Crippen LogP contribution < -0.4 is 5.32 Å². The topological polar surface area (TPSA) is 62.1 Å². The molecule has 1 atom stereocenters. The van der Waals surface area contributed by atoms with Crippen molar-refractivity contribution in [3.05, 3.63) is 0 Å². The number of nitrogens with one attached hydrogen (secondary N) is 1. The van der Waals surface area contributed by atoms with E-state index in [0.29, 0.717) is 6.54 Å². The van der Waals surface area contributed by atoms with Crippen LogP contribution in [-0.4, -0.2) is 23.1 Å². The van der Waals surface area contributed by atoms with Gasteiger partial charge in [-0.3, -0.25) is 4.79 Å². The zero-order valence-corrected chi connectivity index (χ0v) is 10.3. The number of nitrogens with zero attached hydrogens (tertiary/aromatic N) is 1. The van der Waals surface area contributed by atoms with E-state index in [2.05, 4.69) is 5.32 Å². The molecule has 0 aromatic carbocycles. The Labute approximate surface area is 95.6 Å². The van der Waals surface area contributed by atoms with Gasteiger partial charge in [0.1, 0.15) is 10.6 Å². The Balaban J connectivity index is 4.50. The molecule has 4 nitrogen and oxygen atoms in total. The second-order valence-electron chi connectivity index (χ2n) is 3.99. The molecule has 0 aromatic rings. The summed E-state index contributed by atoms with van der Waals surface area (Å²) in [4.78, 5) is 11.8. The minimum atomic E-state index is -1.01. The predicted octanol–water partition coefficient (Wildman–Crippen LogP) is 1.40. The molecule has 0 radical (unpaired) electrons. The van der Waals surface area contributed by atoms with Crippen molar-refractivity contribution in [3.63, 3.8) is 0 Å². The third-order valence-corrected chi connectivity index (χ3v) is 1.76. The summed E-state index contributed by atoms with van der Waals surface area (Å²) in [7, 11) is 0. The predicted molar refractivity (Wildman–Crippen MR) is 61.2 cm³/mol. The van der Waals surface area contributed by atoms with Crippen LogP contribution >= 0.6 is 12.2 Å². The molecule has 0 rings (SSSR count). The third kappa shape index (κ3) is 5.33. The zero-order chi connectivity index (χ0) is 12.1. The molecule has 0 fully saturated rings. The van der Waals surface area contributed by atoms with Gasteiger partial charge in [-0.15, -0.1) is 0 Å². The lowest BCUT2D eigenvalue weighted by Crippen LogP contribution is -2.37. The molecule has 5 heteroatoms. The fourth-order valence-corrected chi connectivity index (χ4v) is 1.15. The maximum atomic E-state index is 11.5. The molecule has 0 heterocycles. The lowest BCUT2D eigenvalue weighted by Gasteiger charge is -2.21. The summed E-state index contributed by atoms with van der Waals surface area (Å²) in [5, 5.41) is 11.6. The molecule has 1 unspecified atom stereocenters. The molecular formula is C10H16N2O2S. The third-order valence-electron chi connectivity index (χ3n) is 1.38. The van der Waals surface area contributed by atoms with Gasteiger partial charge >= 0.3 is 5.97 Å². The first-order valence-corrected chi connectivity index (χ1v) is 5.13. The van der Waals surface area contributed by atoms with Crippen molar-refractivity contribution in [2.24, 2.45) is 5.92 Å². The summed E-state index contributed by atoms with van der Waals surface area (Å²) in [6.07, 6.45) is 0. The van der Waals surface area contributed by atoms with Crippen LogP contribution in [0.25, 0.3) is 0 Å². The quantitative estimate of drug-likeness (QED) is 0.584. The van der Waals surface area contributed by atoms with Gasteiger partial charge in [0.15, 0.2) is 5.92 Å². The Morgan fingerprint density at radius 2 is 2.13 bits per heavy atom. The van der Waals surface area contributed by atoms with Crippen LogP contribution in [0.1, 0.15) is 27.7 Å². The van der Waals surface area contributed by atoms with Gasteiger partial charge < -0.3 is 10.1 Å². The summed E-state index contributed by atoms with van der Waals surface area (Å²) in [5.41, 5.74) is -0.603. The molecule has 0 saturated carbocycles. The molecule has 0 aliphatic carbocycles. The van der Waals surface area contributed by atoms with Crippen molar-refractivity contribution in [1.29, 1.82) is 5.26 Å². The zero-order valence-electron chi connectivity index (χ0n) is 9.46. The van der Waals surface area contributed by atoms with E-state index in [9.17, 15) is 4.79 Å². The summed E-state index contributed by atoms with van der Waals surface area (Å²) >= 11 is 4.90. The number of carbonyl (C=O) groups is 1. The first-order chi connectivity index (χ1) is 6.81. The standard InChI is InChI=1S/C10H16N2O2S/c1-5-12-8(15)7(6-11)9(13)14-10(2,3)4/h7H,5H2,1-4H3,(H,12,15). The highest BCUT2D eigenvalue weighted by atomic mass is 32.1. The van der Waals surface area contributed by atoms with Crippen molar-refractivity contribution < 1.29 is 9.53 Å². The number of carbonyl (C=O) groups excluding carboxylic acids is 1. The molecule has 1 N–H and O–H groups in total. The number of nitriles is 1. The van der Waals surface area contributed by atoms with E-state index in [1.807, 2.05) is 13.0 Å². The molecule has 0 saturated heterocycles. The second-order valence-corrected chi connectivity index (χ2v) is 4.43. The van der Waals surface area contributed by atoms with E-state index < -0.39 is 17.5 Å². The van der Waals surface area contributed by atoms with Crippen LogP contribution in [0.15, 0.2) is 0 Å². The molecule has 84 valence electrons. The fourth-order valence-electron chi connectivity index (χ4n) is 0.855. The van der Waals surface area contributed by atoms with Crippen molar-refractivity contribution in [2.75, 3.05) is 6.54 Å². The van der Waals surface area contributed by atoms with E-state index in [0.717, 1.165) is 0 Å². The summed E-state index contributed by atoms with van der Waals surface area (Å²) in [6, 6.07) is 1.83. The van der Waals surface area contributed by atoms with Gasteiger partial charge in [-0.2, -0.15) is 5.26 Å². The van der Waals surface area contributed by atoms with Crippen LogP contribution in [0.5, 0.6) is 0 Å². The molecular weight excluding hydrogens is 212 g/mol. The first-order valence-electron chi connectivity index (χ1n) is 4.72. The van der Waals surface area contributed by atoms with Gasteiger partial charge in [0, 0.05) is 6.54 Å². The van der Waals surface area contributed by atoms with Gasteiger partial charge in [0.05, 0.1) is 6.07 Å². The van der Waals surface area contributed by atoms with Crippen LogP contribution in [-0.2, 0) is 9.53 Å². The fraction of sp³-hybridized carbons (Fsp3) is 0.700. The van der Waals surface area contributed by atoms with Gasteiger partial charge in [-0.1, -0.05) is 12.2 Å². The Morgan fingerprint density at radius 3 is 2.47 bits per heavy atom. The van der Waals surface area contributed by atoms with Crippen LogP contribution in [0.2, 0.25) is 0 Å². The molecule has 0 amide bonds. The molecule has 15 heavy (non-hydrogen) atoms. The van der Waals surface area contributed by atoms with E-state index in [-0.39, 0.29) is 4.99 Å². The Morgan fingerprint density at radius 1 is 1.60 bits per heavy atom. The lowest BCUT2D eigenvalue weighted by molar-refractivity contribution is -0.155. The summed E-state index contributed by atoms with van der Waals surface area (Å²) < 4.78 is 5.07. The second kappa shape index (κ2) is 5.66. The van der Waals surface area contributed by atoms with Gasteiger partial charge in [0.25, 0.3) is 0 Å². The number of esters is 1. The minimum absolute atomic E-state index is 0.217. The highest BCUT2D eigenvalue weighted by Gasteiger charge is 2.28. The van der Waals surface area contributed by atoms with Crippen molar-refractivity contribution in [1.82, 2.24) is 5.32 Å². The normalized spacial score (nSPS) is 12.5. The molecule has 0 spiro atoms. The number of rotatable bonds is 3. The van der Waals surface area contributed by atoms with Gasteiger partial charge in [0.2, 0.25) is 0 Å². The molecule has 0 aromatic heterocycles. The maximum absolute atomic E-state index is 11.5. The van der Waals surface area contributed by atoms with E-state index in [4.69, 9.17) is 22.2 Å². The Hall–Kier alpha value is -1.15. The van der Waals surface area contributed by atoms with Crippen LogP contribution in [0.4, 0.5) is 0 Å². The number of thiocarbonyl (C=S) groups is 1. The molecule has 0 bridgehead atoms. The first kappa shape index (κ1) is 13.8. The van der Waals surface area contributed by atoms with Gasteiger partial charge in [-0.05, 0) is 27.7 Å². The van der Waals surface area contributed by atoms with Crippen LogP contribution in [0.3, 0.4) is 0 Å². The largest absolute Gasteiger partial charge is 0.459 e. The Bertz CT molecular complexity index is 289. The highest BCUT2D eigenvalue weighted by Crippen LogP contribution is 2.11. The van der Waals surface area contributed by atoms with Crippen LogP contribution in [0, 0.1) is 17.2 Å². The Kier molecular flexibility index (Phi) is 5.23. The lowest BCUT2D eigenvalue weighted by atomic mass is 10.1. The molecule has 0 aliphatic rings. The van der Waals surface area contributed by atoms with Crippen molar-refractivity contribution >= 4 is 23.2 Å². The number of ether oxygens (including phenoxy) is 1. The highest BCUT2D eigenvalue weighted by molar-refractivity contribution is 7.80. The maximum Gasteiger partial charge on any atom is 0.330 e. The van der Waals surface area contributed by atoms with Crippen molar-refractivity contribution in [3.8, 4) is 6.07 Å².